The number of hydrogen-bond donors (Lipinski definition) is 3. The number of aliphatic hydroxyl groups is 1. The quantitative estimate of drug-likeness (QED) is 0.526. The van der Waals surface area contributed by atoms with Crippen molar-refractivity contribution in [2.75, 3.05) is 6.54 Å². The minimum Gasteiger partial charge on any atom is -0.444 e. The van der Waals surface area contributed by atoms with Crippen LogP contribution in [0, 0.1) is 5.92 Å². The van der Waals surface area contributed by atoms with Crippen LogP contribution in [0.15, 0.2) is 6.20 Å². The Morgan fingerprint density at radius 3 is 2.43 bits per heavy atom. The summed E-state index contributed by atoms with van der Waals surface area (Å²) in [5.41, 5.74) is 4.26. The van der Waals surface area contributed by atoms with Crippen molar-refractivity contribution >= 4 is 17.9 Å². The average Bonchev–Trinajstić information content (AvgIpc) is 3.39. The summed E-state index contributed by atoms with van der Waals surface area (Å²) in [6.45, 7) is 8.69. The smallest absolute Gasteiger partial charge is 0.408 e. The van der Waals surface area contributed by atoms with Gasteiger partial charge in [0.25, 0.3) is 0 Å². The number of amides is 3. The fourth-order valence-electron chi connectivity index (χ4n) is 5.08. The van der Waals surface area contributed by atoms with Gasteiger partial charge in [-0.15, -0.1) is 5.10 Å². The molecule has 4 N–H and O–H groups in total. The highest BCUT2D eigenvalue weighted by Gasteiger charge is 2.44. The Balaban J connectivity index is 1.84. The number of hydrogen-bond acceptors (Lipinski definition) is 7. The molecule has 11 nitrogen and oxygen atoms in total. The van der Waals surface area contributed by atoms with Crippen molar-refractivity contribution < 1.29 is 24.2 Å². The molecule has 1 aromatic rings. The zero-order valence-corrected chi connectivity index (χ0v) is 21.5. The van der Waals surface area contributed by atoms with Gasteiger partial charge in [0.2, 0.25) is 11.8 Å². The van der Waals surface area contributed by atoms with Crippen LogP contribution < -0.4 is 11.1 Å². The van der Waals surface area contributed by atoms with E-state index in [1.165, 1.54) is 17.5 Å². The van der Waals surface area contributed by atoms with E-state index in [9.17, 15) is 19.5 Å². The lowest BCUT2D eigenvalue weighted by Gasteiger charge is -2.31. The Kier molecular flexibility index (Phi) is 8.08. The Morgan fingerprint density at radius 1 is 1.20 bits per heavy atom. The first-order valence-electron chi connectivity index (χ1n) is 12.5. The maximum atomic E-state index is 13.8. The van der Waals surface area contributed by atoms with Gasteiger partial charge < -0.3 is 25.8 Å². The number of alkyl carbamates (subject to hydrolysis) is 1. The molecule has 1 aromatic heterocycles. The number of aromatic nitrogens is 3. The van der Waals surface area contributed by atoms with E-state index in [0.29, 0.717) is 18.0 Å². The van der Waals surface area contributed by atoms with Crippen molar-refractivity contribution in [2.24, 2.45) is 11.7 Å². The number of nitrogens with zero attached hydrogens (tertiary/aromatic N) is 4. The molecule has 0 spiro atoms. The number of ether oxygens (including phenoxy) is 1. The van der Waals surface area contributed by atoms with E-state index in [2.05, 4.69) is 15.6 Å². The standard InChI is InChI=1S/C24H40N6O5/c1-23(2,3)35-22(33)27-17(11-15-9-7-6-8-10-15)21(32)29-14-16(12-18(29)20(25)31)30-19(13-26-28-30)24(4,5)34/h13,15-18,34H,6-12,14H2,1-5H3,(H2,25,31)(H,27,33)/t16-,17?,18-/m0/s1. The Hall–Kier alpha value is -2.69. The van der Waals surface area contributed by atoms with E-state index in [1.807, 2.05) is 0 Å². The molecule has 1 unspecified atom stereocenters. The molecule has 2 heterocycles. The van der Waals surface area contributed by atoms with Gasteiger partial charge in [-0.25, -0.2) is 9.48 Å². The minimum atomic E-state index is -1.20. The van der Waals surface area contributed by atoms with Crippen molar-refractivity contribution in [1.82, 2.24) is 25.2 Å². The normalized spacial score (nSPS) is 22.6. The van der Waals surface area contributed by atoms with Gasteiger partial charge in [-0.1, -0.05) is 37.3 Å². The molecule has 1 saturated carbocycles. The first kappa shape index (κ1) is 26.9. The van der Waals surface area contributed by atoms with Crippen LogP contribution in [-0.2, 0) is 19.9 Å². The largest absolute Gasteiger partial charge is 0.444 e. The second kappa shape index (κ2) is 10.5. The molecule has 35 heavy (non-hydrogen) atoms. The van der Waals surface area contributed by atoms with E-state index >= 15 is 0 Å². The predicted molar refractivity (Wildman–Crippen MR) is 128 cm³/mol. The van der Waals surface area contributed by atoms with Gasteiger partial charge in [0.1, 0.15) is 23.3 Å². The van der Waals surface area contributed by atoms with Crippen molar-refractivity contribution in [1.29, 1.82) is 0 Å². The number of primary amides is 1. The van der Waals surface area contributed by atoms with Crippen LogP contribution in [0.4, 0.5) is 4.79 Å². The van der Waals surface area contributed by atoms with Gasteiger partial charge >= 0.3 is 6.09 Å². The number of nitrogens with one attached hydrogen (secondary N) is 1. The molecule has 196 valence electrons. The van der Waals surface area contributed by atoms with Gasteiger partial charge in [0.15, 0.2) is 0 Å². The minimum absolute atomic E-state index is 0.163. The molecule has 3 rings (SSSR count). The molecule has 1 saturated heterocycles. The van der Waals surface area contributed by atoms with Crippen LogP contribution in [0.3, 0.4) is 0 Å². The van der Waals surface area contributed by atoms with Gasteiger partial charge in [-0.2, -0.15) is 0 Å². The highest BCUT2D eigenvalue weighted by Crippen LogP contribution is 2.33. The van der Waals surface area contributed by atoms with Gasteiger partial charge in [0, 0.05) is 13.0 Å². The second-order valence-corrected chi connectivity index (χ2v) is 11.4. The maximum Gasteiger partial charge on any atom is 0.408 e. The topological polar surface area (TPSA) is 153 Å². The third-order valence-corrected chi connectivity index (χ3v) is 6.72. The van der Waals surface area contributed by atoms with E-state index < -0.39 is 41.3 Å². The molecule has 1 aliphatic heterocycles. The third-order valence-electron chi connectivity index (χ3n) is 6.72. The van der Waals surface area contributed by atoms with Crippen LogP contribution >= 0.6 is 0 Å². The van der Waals surface area contributed by atoms with Crippen LogP contribution in [0.2, 0.25) is 0 Å². The predicted octanol–water partition coefficient (Wildman–Crippen LogP) is 2.00. The molecule has 0 aromatic carbocycles. The fraction of sp³-hybridized carbons (Fsp3) is 0.792. The molecule has 1 aliphatic carbocycles. The summed E-state index contributed by atoms with van der Waals surface area (Å²) in [5.74, 6) is -0.688. The SMILES string of the molecule is CC(C)(C)OC(=O)NC(CC1CCCCC1)C(=O)N1C[C@@H](n2nncc2C(C)(C)O)C[C@H]1C(N)=O. The molecule has 0 radical (unpaired) electrons. The Bertz CT molecular complexity index is 912. The van der Waals surface area contributed by atoms with E-state index in [-0.39, 0.29) is 18.9 Å². The number of likely N-dealkylation sites (tertiary alicyclic amines) is 1. The average molecular weight is 493 g/mol. The van der Waals surface area contributed by atoms with Crippen LogP contribution in [0.5, 0.6) is 0 Å². The zero-order valence-electron chi connectivity index (χ0n) is 21.5. The number of carbonyl (C=O) groups is 3. The second-order valence-electron chi connectivity index (χ2n) is 11.4. The lowest BCUT2D eigenvalue weighted by atomic mass is 9.84. The summed E-state index contributed by atoms with van der Waals surface area (Å²) in [4.78, 5) is 40.2. The van der Waals surface area contributed by atoms with Crippen LogP contribution in [0.1, 0.15) is 91.3 Å². The van der Waals surface area contributed by atoms with Crippen molar-refractivity contribution in [3.05, 3.63) is 11.9 Å². The highest BCUT2D eigenvalue weighted by atomic mass is 16.6. The summed E-state index contributed by atoms with van der Waals surface area (Å²) in [7, 11) is 0. The summed E-state index contributed by atoms with van der Waals surface area (Å²) < 4.78 is 6.97. The molecule has 11 heteroatoms. The van der Waals surface area contributed by atoms with Crippen LogP contribution in [0.25, 0.3) is 0 Å². The van der Waals surface area contributed by atoms with E-state index in [4.69, 9.17) is 10.5 Å². The first-order chi connectivity index (χ1) is 16.3. The number of rotatable bonds is 7. The summed E-state index contributed by atoms with van der Waals surface area (Å²) in [6.07, 6.45) is 6.88. The fourth-order valence-corrected chi connectivity index (χ4v) is 5.08. The molecular formula is C24H40N6O5. The van der Waals surface area contributed by atoms with Crippen LogP contribution in [-0.4, -0.2) is 67.1 Å². The van der Waals surface area contributed by atoms with Gasteiger partial charge in [0.05, 0.1) is 17.9 Å². The molecule has 3 amide bonds. The third kappa shape index (κ3) is 6.93. The molecule has 3 atom stereocenters. The number of nitrogens with two attached hydrogens (primary N) is 1. The van der Waals surface area contributed by atoms with Crippen molar-refractivity contribution in [3.8, 4) is 0 Å². The highest BCUT2D eigenvalue weighted by molar-refractivity contribution is 5.91. The molecule has 2 fully saturated rings. The van der Waals surface area contributed by atoms with E-state index in [1.54, 1.807) is 39.3 Å². The summed E-state index contributed by atoms with van der Waals surface area (Å²) in [5, 5.41) is 21.3. The monoisotopic (exact) mass is 492 g/mol. The lowest BCUT2D eigenvalue weighted by Crippen LogP contribution is -2.54. The zero-order chi connectivity index (χ0) is 26.0. The summed E-state index contributed by atoms with van der Waals surface area (Å²) in [6, 6.07) is -2.09. The Labute approximate surface area is 206 Å². The molecule has 2 aliphatic rings. The van der Waals surface area contributed by atoms with Crippen molar-refractivity contribution in [3.63, 3.8) is 0 Å². The Morgan fingerprint density at radius 2 is 1.86 bits per heavy atom. The molecular weight excluding hydrogens is 452 g/mol. The van der Waals surface area contributed by atoms with Gasteiger partial charge in [-0.05, 0) is 47.0 Å². The lowest BCUT2D eigenvalue weighted by molar-refractivity contribution is -0.139. The maximum absolute atomic E-state index is 13.8. The molecule has 0 bridgehead atoms. The van der Waals surface area contributed by atoms with E-state index in [0.717, 1.165) is 25.7 Å². The van der Waals surface area contributed by atoms with Gasteiger partial charge in [-0.3, -0.25) is 9.59 Å². The first-order valence-corrected chi connectivity index (χ1v) is 12.5. The van der Waals surface area contributed by atoms with Crippen molar-refractivity contribution in [2.45, 2.75) is 109 Å². The number of carbonyl (C=O) groups excluding carboxylic acids is 3. The summed E-state index contributed by atoms with van der Waals surface area (Å²) >= 11 is 0.